The first-order valence-electron chi connectivity index (χ1n) is 8.23. The van der Waals surface area contributed by atoms with Crippen LogP contribution in [0.2, 0.25) is 0 Å². The van der Waals surface area contributed by atoms with Gasteiger partial charge in [-0.25, -0.2) is 8.42 Å². The fourth-order valence-corrected chi connectivity index (χ4v) is 4.44. The molecule has 8 nitrogen and oxygen atoms in total. The first-order valence-corrected chi connectivity index (χ1v) is 9.67. The Kier molecular flexibility index (Phi) is 4.22. The SMILES string of the molecule is O=S(=O)(c1ccccc1OCc1noc(C2CC2)n1)N1CC(CO)C1. The summed E-state index contributed by atoms with van der Waals surface area (Å²) >= 11 is 0. The summed E-state index contributed by atoms with van der Waals surface area (Å²) in [5, 5.41) is 13.0. The van der Waals surface area contributed by atoms with Gasteiger partial charge in [0.2, 0.25) is 21.7 Å². The summed E-state index contributed by atoms with van der Waals surface area (Å²) in [4.78, 5) is 4.38. The second-order valence-electron chi connectivity index (χ2n) is 6.43. The number of aliphatic hydroxyl groups is 1. The summed E-state index contributed by atoms with van der Waals surface area (Å²) in [5.74, 6) is 1.64. The highest BCUT2D eigenvalue weighted by Gasteiger charge is 2.37. The van der Waals surface area contributed by atoms with Gasteiger partial charge in [-0.1, -0.05) is 17.3 Å². The monoisotopic (exact) mass is 365 g/mol. The number of benzene rings is 1. The predicted molar refractivity (Wildman–Crippen MR) is 86.4 cm³/mol. The standard InChI is InChI=1S/C16H19N3O5S/c20-9-11-7-19(8-11)25(21,22)14-4-2-1-3-13(14)23-10-15-17-16(24-18-15)12-5-6-12/h1-4,11-12,20H,5-10H2. The maximum absolute atomic E-state index is 12.7. The van der Waals surface area contributed by atoms with Crippen LogP contribution < -0.4 is 4.74 Å². The van der Waals surface area contributed by atoms with Crippen molar-refractivity contribution in [3.63, 3.8) is 0 Å². The minimum Gasteiger partial charge on any atom is -0.484 e. The normalized spacial score (nSPS) is 18.9. The van der Waals surface area contributed by atoms with Crippen LogP contribution >= 0.6 is 0 Å². The van der Waals surface area contributed by atoms with Crippen molar-refractivity contribution in [1.82, 2.24) is 14.4 Å². The van der Waals surface area contributed by atoms with Crippen LogP contribution in [0.5, 0.6) is 5.75 Å². The third kappa shape index (κ3) is 3.26. The second-order valence-corrected chi connectivity index (χ2v) is 8.34. The van der Waals surface area contributed by atoms with E-state index in [1.54, 1.807) is 18.2 Å². The van der Waals surface area contributed by atoms with Gasteiger partial charge in [0.05, 0.1) is 0 Å². The van der Waals surface area contributed by atoms with Gasteiger partial charge in [-0.15, -0.1) is 0 Å². The van der Waals surface area contributed by atoms with Crippen molar-refractivity contribution in [2.24, 2.45) is 5.92 Å². The molecule has 1 aromatic carbocycles. The molecule has 0 radical (unpaired) electrons. The molecule has 134 valence electrons. The van der Waals surface area contributed by atoms with Crippen LogP contribution in [0, 0.1) is 5.92 Å². The van der Waals surface area contributed by atoms with Crippen LogP contribution in [0.25, 0.3) is 0 Å². The number of hydrogen-bond donors (Lipinski definition) is 1. The average Bonchev–Trinajstić information content (AvgIpc) is 3.31. The lowest BCUT2D eigenvalue weighted by molar-refractivity contribution is 0.117. The van der Waals surface area contributed by atoms with E-state index < -0.39 is 10.0 Å². The molecular weight excluding hydrogens is 346 g/mol. The van der Waals surface area contributed by atoms with Crippen LogP contribution in [0.1, 0.15) is 30.5 Å². The zero-order valence-corrected chi connectivity index (χ0v) is 14.4. The maximum atomic E-state index is 12.7. The van der Waals surface area contributed by atoms with E-state index in [4.69, 9.17) is 14.4 Å². The van der Waals surface area contributed by atoms with Gasteiger partial charge < -0.3 is 14.4 Å². The van der Waals surface area contributed by atoms with E-state index in [0.717, 1.165) is 12.8 Å². The largest absolute Gasteiger partial charge is 0.484 e. The van der Waals surface area contributed by atoms with Crippen molar-refractivity contribution in [3.05, 3.63) is 36.0 Å². The Morgan fingerprint density at radius 3 is 2.76 bits per heavy atom. The molecule has 2 heterocycles. The maximum Gasteiger partial charge on any atom is 0.246 e. The molecule has 1 N–H and O–H groups in total. The summed E-state index contributed by atoms with van der Waals surface area (Å²) in [6, 6.07) is 6.50. The van der Waals surface area contributed by atoms with E-state index in [1.165, 1.54) is 10.4 Å². The topological polar surface area (TPSA) is 106 Å². The van der Waals surface area contributed by atoms with Crippen molar-refractivity contribution >= 4 is 10.0 Å². The Morgan fingerprint density at radius 2 is 2.04 bits per heavy atom. The number of para-hydroxylation sites is 1. The lowest BCUT2D eigenvalue weighted by Gasteiger charge is -2.37. The molecule has 0 bridgehead atoms. The number of aromatic nitrogens is 2. The Labute approximate surface area is 145 Å². The van der Waals surface area contributed by atoms with Crippen LogP contribution in [0.3, 0.4) is 0 Å². The Balaban J connectivity index is 1.48. The van der Waals surface area contributed by atoms with Gasteiger partial charge in [0.15, 0.2) is 6.61 Å². The molecule has 2 aromatic rings. The van der Waals surface area contributed by atoms with E-state index in [1.807, 2.05) is 0 Å². The van der Waals surface area contributed by atoms with E-state index in [0.29, 0.717) is 30.7 Å². The highest BCUT2D eigenvalue weighted by atomic mass is 32.2. The van der Waals surface area contributed by atoms with Gasteiger partial charge in [-0.2, -0.15) is 9.29 Å². The molecule has 0 amide bonds. The van der Waals surface area contributed by atoms with Crippen molar-refractivity contribution in [2.45, 2.75) is 30.3 Å². The summed E-state index contributed by atoms with van der Waals surface area (Å²) in [6.07, 6.45) is 2.13. The lowest BCUT2D eigenvalue weighted by atomic mass is 10.1. The Hall–Kier alpha value is -1.97. The smallest absolute Gasteiger partial charge is 0.246 e. The predicted octanol–water partition coefficient (Wildman–Crippen LogP) is 1.14. The second kappa shape index (κ2) is 6.40. The number of nitrogens with zero attached hydrogens (tertiary/aromatic N) is 3. The third-order valence-electron chi connectivity index (χ3n) is 4.42. The van der Waals surface area contributed by atoms with Crippen LogP contribution in [0.4, 0.5) is 0 Å². The highest BCUT2D eigenvalue weighted by molar-refractivity contribution is 7.89. The number of sulfonamides is 1. The minimum absolute atomic E-state index is 0.00281. The van der Waals surface area contributed by atoms with E-state index in [9.17, 15) is 8.42 Å². The van der Waals surface area contributed by atoms with Crippen molar-refractivity contribution in [2.75, 3.05) is 19.7 Å². The van der Waals surface area contributed by atoms with Crippen LogP contribution in [-0.4, -0.2) is 47.7 Å². The number of ether oxygens (including phenoxy) is 1. The van der Waals surface area contributed by atoms with Gasteiger partial charge in [0.1, 0.15) is 10.6 Å². The number of aliphatic hydroxyl groups excluding tert-OH is 1. The Bertz CT molecular complexity index is 856. The molecule has 0 unspecified atom stereocenters. The number of rotatable bonds is 7. The lowest BCUT2D eigenvalue weighted by Crippen LogP contribution is -2.51. The molecule has 9 heteroatoms. The van der Waals surface area contributed by atoms with E-state index >= 15 is 0 Å². The van der Waals surface area contributed by atoms with Gasteiger partial charge in [-0.3, -0.25) is 0 Å². The van der Waals surface area contributed by atoms with E-state index in [2.05, 4.69) is 10.1 Å². The molecule has 1 saturated heterocycles. The molecule has 1 saturated carbocycles. The molecule has 1 aliphatic heterocycles. The Morgan fingerprint density at radius 1 is 1.28 bits per heavy atom. The number of hydrogen-bond acceptors (Lipinski definition) is 7. The molecule has 1 aliphatic carbocycles. The minimum atomic E-state index is -3.65. The summed E-state index contributed by atoms with van der Waals surface area (Å²) < 4.78 is 37.6. The van der Waals surface area contributed by atoms with Crippen molar-refractivity contribution < 1.29 is 22.8 Å². The quantitative estimate of drug-likeness (QED) is 0.784. The third-order valence-corrected chi connectivity index (χ3v) is 6.29. The van der Waals surface area contributed by atoms with Gasteiger partial charge >= 0.3 is 0 Å². The van der Waals surface area contributed by atoms with Crippen LogP contribution in [0.15, 0.2) is 33.7 Å². The summed E-state index contributed by atoms with van der Waals surface area (Å²) in [5.41, 5.74) is 0. The fraction of sp³-hybridized carbons (Fsp3) is 0.500. The summed E-state index contributed by atoms with van der Waals surface area (Å²) in [6.45, 7) is 0.679. The van der Waals surface area contributed by atoms with E-state index in [-0.39, 0.29) is 29.8 Å². The molecule has 25 heavy (non-hydrogen) atoms. The summed E-state index contributed by atoms with van der Waals surface area (Å²) in [7, 11) is -3.65. The molecule has 0 spiro atoms. The molecular formula is C16H19N3O5S. The average molecular weight is 365 g/mol. The first kappa shape index (κ1) is 16.5. The fourth-order valence-electron chi connectivity index (χ4n) is 2.72. The molecule has 1 aromatic heterocycles. The molecule has 4 rings (SSSR count). The van der Waals surface area contributed by atoms with Gasteiger partial charge in [-0.05, 0) is 25.0 Å². The first-order chi connectivity index (χ1) is 12.1. The highest BCUT2D eigenvalue weighted by Crippen LogP contribution is 2.39. The van der Waals surface area contributed by atoms with Gasteiger partial charge in [0, 0.05) is 31.5 Å². The zero-order chi connectivity index (χ0) is 17.4. The molecule has 2 aliphatic rings. The van der Waals surface area contributed by atoms with Crippen LogP contribution in [-0.2, 0) is 16.6 Å². The van der Waals surface area contributed by atoms with Crippen molar-refractivity contribution in [1.29, 1.82) is 0 Å². The molecule has 2 fully saturated rings. The molecule has 0 atom stereocenters. The van der Waals surface area contributed by atoms with Gasteiger partial charge in [0.25, 0.3) is 0 Å². The van der Waals surface area contributed by atoms with Crippen molar-refractivity contribution in [3.8, 4) is 5.75 Å². The zero-order valence-electron chi connectivity index (χ0n) is 13.5.